The van der Waals surface area contributed by atoms with Crippen LogP contribution in [0.5, 0.6) is 0 Å². The van der Waals surface area contributed by atoms with Crippen LogP contribution in [0.3, 0.4) is 0 Å². The van der Waals surface area contributed by atoms with Crippen LogP contribution in [0.2, 0.25) is 0 Å². The van der Waals surface area contributed by atoms with Gasteiger partial charge in [0.15, 0.2) is 5.82 Å². The van der Waals surface area contributed by atoms with Gasteiger partial charge < -0.3 is 10.5 Å². The van der Waals surface area contributed by atoms with Crippen LogP contribution in [0.4, 0.5) is 5.82 Å². The molecule has 0 aliphatic heterocycles. The van der Waals surface area contributed by atoms with Gasteiger partial charge in [-0.15, -0.1) is 0 Å². The highest BCUT2D eigenvalue weighted by molar-refractivity contribution is 5.42. The van der Waals surface area contributed by atoms with Crippen molar-refractivity contribution in [2.24, 2.45) is 5.92 Å². The molecule has 1 aliphatic carbocycles. The Morgan fingerprint density at radius 1 is 1.44 bits per heavy atom. The van der Waals surface area contributed by atoms with Crippen LogP contribution >= 0.6 is 0 Å². The predicted octanol–water partition coefficient (Wildman–Crippen LogP) is 2.03. The third-order valence-corrected chi connectivity index (χ3v) is 3.18. The molecule has 0 saturated heterocycles. The third-order valence-electron chi connectivity index (χ3n) is 3.18. The Bertz CT molecular complexity index is 365. The SMILES string of the molecule is CCc1c(C)nc(C(OC)C2CC2)nc1N. The summed E-state index contributed by atoms with van der Waals surface area (Å²) in [5.41, 5.74) is 7.97. The second-order valence-electron chi connectivity index (χ2n) is 4.38. The highest BCUT2D eigenvalue weighted by Gasteiger charge is 2.34. The van der Waals surface area contributed by atoms with Crippen molar-refractivity contribution in [2.75, 3.05) is 12.8 Å². The number of anilines is 1. The number of methoxy groups -OCH3 is 1. The van der Waals surface area contributed by atoms with Gasteiger partial charge in [0, 0.05) is 18.4 Å². The zero-order valence-electron chi connectivity index (χ0n) is 10.2. The van der Waals surface area contributed by atoms with Crippen molar-refractivity contribution in [2.45, 2.75) is 39.2 Å². The van der Waals surface area contributed by atoms with Gasteiger partial charge in [-0.1, -0.05) is 6.92 Å². The van der Waals surface area contributed by atoms with E-state index in [2.05, 4.69) is 16.9 Å². The van der Waals surface area contributed by atoms with Crippen molar-refractivity contribution in [1.29, 1.82) is 0 Å². The molecule has 2 rings (SSSR count). The molecule has 0 spiro atoms. The lowest BCUT2D eigenvalue weighted by Crippen LogP contribution is -2.13. The summed E-state index contributed by atoms with van der Waals surface area (Å²) in [6, 6.07) is 0. The maximum absolute atomic E-state index is 5.94. The predicted molar refractivity (Wildman–Crippen MR) is 63.0 cm³/mol. The van der Waals surface area contributed by atoms with E-state index in [-0.39, 0.29) is 6.10 Å². The smallest absolute Gasteiger partial charge is 0.160 e. The first-order valence-corrected chi connectivity index (χ1v) is 5.83. The lowest BCUT2D eigenvalue weighted by molar-refractivity contribution is 0.0771. The Labute approximate surface area is 96.2 Å². The minimum Gasteiger partial charge on any atom is -0.383 e. The van der Waals surface area contributed by atoms with E-state index in [0.29, 0.717) is 11.7 Å². The fourth-order valence-corrected chi connectivity index (χ4v) is 2.11. The van der Waals surface area contributed by atoms with E-state index in [1.165, 1.54) is 12.8 Å². The van der Waals surface area contributed by atoms with Crippen LogP contribution < -0.4 is 5.73 Å². The average Bonchev–Trinajstić information content (AvgIpc) is 3.03. The fraction of sp³-hybridized carbons (Fsp3) is 0.667. The van der Waals surface area contributed by atoms with Crippen molar-refractivity contribution in [3.8, 4) is 0 Å². The second-order valence-corrected chi connectivity index (χ2v) is 4.38. The number of nitrogen functional groups attached to an aromatic ring is 1. The standard InChI is InChI=1S/C12H19N3O/c1-4-9-7(2)14-12(15-11(9)13)10(16-3)8-5-6-8/h8,10H,4-6H2,1-3H3,(H2,13,14,15). The van der Waals surface area contributed by atoms with E-state index in [0.717, 1.165) is 23.5 Å². The van der Waals surface area contributed by atoms with Gasteiger partial charge in [0.2, 0.25) is 0 Å². The van der Waals surface area contributed by atoms with Crippen LogP contribution in [0, 0.1) is 12.8 Å². The number of aryl methyl sites for hydroxylation is 1. The molecule has 0 aromatic carbocycles. The van der Waals surface area contributed by atoms with Crippen molar-refractivity contribution >= 4 is 5.82 Å². The molecular weight excluding hydrogens is 202 g/mol. The molecule has 1 aromatic heterocycles. The van der Waals surface area contributed by atoms with Gasteiger partial charge in [0.25, 0.3) is 0 Å². The number of nitrogens with zero attached hydrogens (tertiary/aromatic N) is 2. The molecule has 2 N–H and O–H groups in total. The molecule has 0 radical (unpaired) electrons. The normalized spacial score (nSPS) is 17.4. The van der Waals surface area contributed by atoms with Crippen LogP contribution in [-0.2, 0) is 11.2 Å². The van der Waals surface area contributed by atoms with Crippen LogP contribution in [0.1, 0.15) is 43.0 Å². The quantitative estimate of drug-likeness (QED) is 0.845. The lowest BCUT2D eigenvalue weighted by atomic mass is 10.1. The highest BCUT2D eigenvalue weighted by Crippen LogP contribution is 2.42. The Hall–Kier alpha value is -1.16. The summed E-state index contributed by atoms with van der Waals surface area (Å²) in [4.78, 5) is 8.90. The van der Waals surface area contributed by atoms with Crippen molar-refractivity contribution < 1.29 is 4.74 Å². The summed E-state index contributed by atoms with van der Waals surface area (Å²) in [5.74, 6) is 1.93. The van der Waals surface area contributed by atoms with Gasteiger partial charge in [0.1, 0.15) is 11.9 Å². The van der Waals surface area contributed by atoms with Crippen molar-refractivity contribution in [3.05, 3.63) is 17.1 Å². The molecule has 88 valence electrons. The van der Waals surface area contributed by atoms with E-state index in [1.54, 1.807) is 7.11 Å². The summed E-state index contributed by atoms with van der Waals surface area (Å²) in [5, 5.41) is 0. The molecule has 1 atom stereocenters. The maximum atomic E-state index is 5.94. The molecule has 4 heteroatoms. The monoisotopic (exact) mass is 221 g/mol. The summed E-state index contributed by atoms with van der Waals surface area (Å²) in [6.45, 7) is 4.05. The number of hydrogen-bond acceptors (Lipinski definition) is 4. The first-order chi connectivity index (χ1) is 7.67. The molecule has 1 unspecified atom stereocenters. The topological polar surface area (TPSA) is 61.0 Å². The largest absolute Gasteiger partial charge is 0.383 e. The molecule has 16 heavy (non-hydrogen) atoms. The molecule has 4 nitrogen and oxygen atoms in total. The Morgan fingerprint density at radius 2 is 2.12 bits per heavy atom. The van der Waals surface area contributed by atoms with Gasteiger partial charge in [-0.05, 0) is 32.1 Å². The van der Waals surface area contributed by atoms with Crippen molar-refractivity contribution in [1.82, 2.24) is 9.97 Å². The zero-order chi connectivity index (χ0) is 11.7. The molecule has 1 saturated carbocycles. The number of rotatable bonds is 4. The minimum atomic E-state index is 0.0203. The molecule has 1 aromatic rings. The van der Waals surface area contributed by atoms with Gasteiger partial charge in [0.05, 0.1) is 0 Å². The Balaban J connectivity index is 2.34. The Kier molecular flexibility index (Phi) is 3.10. The van der Waals surface area contributed by atoms with E-state index in [9.17, 15) is 0 Å². The van der Waals surface area contributed by atoms with Gasteiger partial charge >= 0.3 is 0 Å². The average molecular weight is 221 g/mol. The van der Waals surface area contributed by atoms with E-state index in [1.807, 2.05) is 6.92 Å². The first-order valence-electron chi connectivity index (χ1n) is 5.83. The molecular formula is C12H19N3O. The first kappa shape index (κ1) is 11.3. The van der Waals surface area contributed by atoms with Gasteiger partial charge in [-0.25, -0.2) is 9.97 Å². The number of ether oxygens (including phenoxy) is 1. The summed E-state index contributed by atoms with van der Waals surface area (Å²) in [6.07, 6.45) is 3.30. The summed E-state index contributed by atoms with van der Waals surface area (Å²) in [7, 11) is 1.71. The highest BCUT2D eigenvalue weighted by atomic mass is 16.5. The second kappa shape index (κ2) is 4.37. The van der Waals surface area contributed by atoms with Gasteiger partial charge in [-0.3, -0.25) is 0 Å². The number of nitrogens with two attached hydrogens (primary N) is 1. The van der Waals surface area contributed by atoms with Crippen LogP contribution in [0.25, 0.3) is 0 Å². The fourth-order valence-electron chi connectivity index (χ4n) is 2.11. The molecule has 1 aliphatic rings. The third kappa shape index (κ3) is 2.02. The van der Waals surface area contributed by atoms with E-state index < -0.39 is 0 Å². The lowest BCUT2D eigenvalue weighted by Gasteiger charge is -2.15. The molecule has 0 amide bonds. The summed E-state index contributed by atoms with van der Waals surface area (Å²) >= 11 is 0. The maximum Gasteiger partial charge on any atom is 0.160 e. The zero-order valence-corrected chi connectivity index (χ0v) is 10.2. The Morgan fingerprint density at radius 3 is 2.56 bits per heavy atom. The van der Waals surface area contributed by atoms with Gasteiger partial charge in [-0.2, -0.15) is 0 Å². The summed E-state index contributed by atoms with van der Waals surface area (Å²) < 4.78 is 5.46. The van der Waals surface area contributed by atoms with E-state index >= 15 is 0 Å². The molecule has 1 heterocycles. The van der Waals surface area contributed by atoms with Crippen LogP contribution in [0.15, 0.2) is 0 Å². The van der Waals surface area contributed by atoms with Crippen LogP contribution in [-0.4, -0.2) is 17.1 Å². The van der Waals surface area contributed by atoms with Crippen molar-refractivity contribution in [3.63, 3.8) is 0 Å². The minimum absolute atomic E-state index is 0.0203. The molecule has 0 bridgehead atoms. The number of hydrogen-bond donors (Lipinski definition) is 1. The molecule has 1 fully saturated rings. The number of aromatic nitrogens is 2. The van der Waals surface area contributed by atoms with E-state index in [4.69, 9.17) is 10.5 Å².